The molecule has 3 rings (SSSR count). The normalized spacial score (nSPS) is 11.1. The molecule has 20 heavy (non-hydrogen) atoms. The third-order valence-electron chi connectivity index (χ3n) is 3.33. The standard InChI is InChI=1S/C14H14N4O2/c1-2-17-10-11(8-15-17)9-16-7-6-12-4-3-5-13(14(12)16)18(19)20/h3-8,10H,2,9H2,1H3. The third-order valence-corrected chi connectivity index (χ3v) is 3.33. The molecular weight excluding hydrogens is 256 g/mol. The van der Waals surface area contributed by atoms with E-state index in [9.17, 15) is 10.1 Å². The molecule has 3 aromatic rings. The van der Waals surface area contributed by atoms with Crippen LogP contribution in [0.15, 0.2) is 42.9 Å². The van der Waals surface area contributed by atoms with Crippen molar-refractivity contribution in [3.05, 3.63) is 58.5 Å². The molecule has 102 valence electrons. The molecule has 0 saturated carbocycles. The zero-order valence-corrected chi connectivity index (χ0v) is 11.1. The van der Waals surface area contributed by atoms with E-state index in [1.54, 1.807) is 12.3 Å². The second-order valence-corrected chi connectivity index (χ2v) is 4.62. The summed E-state index contributed by atoms with van der Waals surface area (Å²) in [6.07, 6.45) is 5.63. The Bertz CT molecular complexity index is 772. The Morgan fingerprint density at radius 2 is 2.20 bits per heavy atom. The smallest absolute Gasteiger partial charge is 0.293 e. The molecule has 0 N–H and O–H groups in total. The first kappa shape index (κ1) is 12.4. The van der Waals surface area contributed by atoms with Crippen LogP contribution in [0.5, 0.6) is 0 Å². The Morgan fingerprint density at radius 3 is 2.90 bits per heavy atom. The highest BCUT2D eigenvalue weighted by atomic mass is 16.6. The molecule has 0 aliphatic carbocycles. The maximum atomic E-state index is 11.1. The third kappa shape index (κ3) is 2.05. The van der Waals surface area contributed by atoms with Gasteiger partial charge < -0.3 is 4.57 Å². The number of non-ortho nitro benzene ring substituents is 1. The quantitative estimate of drug-likeness (QED) is 0.541. The van der Waals surface area contributed by atoms with Crippen molar-refractivity contribution in [3.63, 3.8) is 0 Å². The largest absolute Gasteiger partial charge is 0.337 e. The van der Waals surface area contributed by atoms with Crippen LogP contribution in [0.1, 0.15) is 12.5 Å². The molecule has 2 aromatic heterocycles. The molecule has 0 aliphatic rings. The second kappa shape index (κ2) is 4.80. The highest BCUT2D eigenvalue weighted by Gasteiger charge is 2.15. The van der Waals surface area contributed by atoms with Gasteiger partial charge in [0.25, 0.3) is 5.69 Å². The van der Waals surface area contributed by atoms with Gasteiger partial charge in [0, 0.05) is 36.0 Å². The lowest BCUT2D eigenvalue weighted by Crippen LogP contribution is -2.00. The van der Waals surface area contributed by atoms with Gasteiger partial charge in [-0.15, -0.1) is 0 Å². The second-order valence-electron chi connectivity index (χ2n) is 4.62. The SMILES string of the molecule is CCn1cc(Cn2ccc3cccc([N+](=O)[O-])c32)cn1. The monoisotopic (exact) mass is 270 g/mol. The lowest BCUT2D eigenvalue weighted by molar-refractivity contribution is -0.383. The zero-order chi connectivity index (χ0) is 14.1. The first-order valence-electron chi connectivity index (χ1n) is 6.42. The summed E-state index contributed by atoms with van der Waals surface area (Å²) < 4.78 is 3.74. The van der Waals surface area contributed by atoms with Gasteiger partial charge in [0.2, 0.25) is 0 Å². The number of aryl methyl sites for hydroxylation is 1. The van der Waals surface area contributed by atoms with E-state index in [0.717, 1.165) is 17.5 Å². The molecule has 0 saturated heterocycles. The number of benzene rings is 1. The average Bonchev–Trinajstić information content (AvgIpc) is 3.06. The number of nitrogens with zero attached hydrogens (tertiary/aromatic N) is 4. The summed E-state index contributed by atoms with van der Waals surface area (Å²) in [6, 6.07) is 7.02. The summed E-state index contributed by atoms with van der Waals surface area (Å²) in [7, 11) is 0. The van der Waals surface area contributed by atoms with Gasteiger partial charge in [0.15, 0.2) is 0 Å². The van der Waals surface area contributed by atoms with E-state index in [1.165, 1.54) is 6.07 Å². The zero-order valence-electron chi connectivity index (χ0n) is 11.1. The number of nitro benzene ring substituents is 1. The van der Waals surface area contributed by atoms with Crippen LogP contribution in [0.3, 0.4) is 0 Å². The van der Waals surface area contributed by atoms with E-state index in [-0.39, 0.29) is 10.6 Å². The molecule has 0 aliphatic heterocycles. The fourth-order valence-corrected chi connectivity index (χ4v) is 2.38. The number of nitro groups is 1. The van der Waals surface area contributed by atoms with Gasteiger partial charge in [-0.05, 0) is 13.0 Å². The van der Waals surface area contributed by atoms with Crippen LogP contribution in [0.2, 0.25) is 0 Å². The number of rotatable bonds is 4. The first-order chi connectivity index (χ1) is 9.69. The Morgan fingerprint density at radius 1 is 1.35 bits per heavy atom. The predicted molar refractivity (Wildman–Crippen MR) is 75.6 cm³/mol. The van der Waals surface area contributed by atoms with Crippen LogP contribution in [0, 0.1) is 10.1 Å². The maximum absolute atomic E-state index is 11.1. The van der Waals surface area contributed by atoms with Gasteiger partial charge in [-0.2, -0.15) is 5.10 Å². The van der Waals surface area contributed by atoms with Gasteiger partial charge in [0.05, 0.1) is 17.7 Å². The number of hydrogen-bond donors (Lipinski definition) is 0. The van der Waals surface area contributed by atoms with Crippen LogP contribution in [-0.4, -0.2) is 19.3 Å². The Hall–Kier alpha value is -2.63. The van der Waals surface area contributed by atoms with Crippen molar-refractivity contribution in [2.45, 2.75) is 20.0 Å². The van der Waals surface area contributed by atoms with Crippen molar-refractivity contribution in [2.75, 3.05) is 0 Å². The van der Waals surface area contributed by atoms with Crippen molar-refractivity contribution in [3.8, 4) is 0 Å². The molecule has 0 amide bonds. The van der Waals surface area contributed by atoms with Crippen LogP contribution in [0.4, 0.5) is 5.69 Å². The van der Waals surface area contributed by atoms with Gasteiger partial charge in [-0.3, -0.25) is 14.8 Å². The Kier molecular flexibility index (Phi) is 2.98. The van der Waals surface area contributed by atoms with Crippen molar-refractivity contribution < 1.29 is 4.92 Å². The molecule has 0 spiro atoms. The lowest BCUT2D eigenvalue weighted by Gasteiger charge is -2.04. The molecule has 0 atom stereocenters. The molecular formula is C14H14N4O2. The highest BCUT2D eigenvalue weighted by Crippen LogP contribution is 2.26. The molecule has 2 heterocycles. The van der Waals surface area contributed by atoms with E-state index in [0.29, 0.717) is 12.1 Å². The van der Waals surface area contributed by atoms with E-state index >= 15 is 0 Å². The highest BCUT2D eigenvalue weighted by molar-refractivity contribution is 5.88. The van der Waals surface area contributed by atoms with E-state index < -0.39 is 0 Å². The van der Waals surface area contributed by atoms with Crippen LogP contribution >= 0.6 is 0 Å². The van der Waals surface area contributed by atoms with Crippen LogP contribution in [-0.2, 0) is 13.1 Å². The fourth-order valence-electron chi connectivity index (χ4n) is 2.38. The summed E-state index contributed by atoms with van der Waals surface area (Å²) in [4.78, 5) is 10.8. The average molecular weight is 270 g/mol. The van der Waals surface area contributed by atoms with Crippen LogP contribution < -0.4 is 0 Å². The molecule has 0 fully saturated rings. The molecule has 0 radical (unpaired) electrons. The fraction of sp³-hybridized carbons (Fsp3) is 0.214. The molecule has 0 bridgehead atoms. The first-order valence-corrected chi connectivity index (χ1v) is 6.42. The number of para-hydroxylation sites is 1. The summed E-state index contributed by atoms with van der Waals surface area (Å²) in [5.74, 6) is 0. The van der Waals surface area contributed by atoms with Gasteiger partial charge in [-0.25, -0.2) is 0 Å². The predicted octanol–water partition coefficient (Wildman–Crippen LogP) is 2.81. The van der Waals surface area contributed by atoms with E-state index in [4.69, 9.17) is 0 Å². The van der Waals surface area contributed by atoms with Crippen molar-refractivity contribution in [2.24, 2.45) is 0 Å². The minimum atomic E-state index is -0.339. The van der Waals surface area contributed by atoms with Gasteiger partial charge in [-0.1, -0.05) is 12.1 Å². The van der Waals surface area contributed by atoms with Gasteiger partial charge >= 0.3 is 0 Å². The minimum Gasteiger partial charge on any atom is -0.337 e. The maximum Gasteiger partial charge on any atom is 0.293 e. The lowest BCUT2D eigenvalue weighted by atomic mass is 10.2. The summed E-state index contributed by atoms with van der Waals surface area (Å²) >= 11 is 0. The van der Waals surface area contributed by atoms with E-state index in [1.807, 2.05) is 40.7 Å². The molecule has 0 unspecified atom stereocenters. The number of aromatic nitrogens is 3. The van der Waals surface area contributed by atoms with Gasteiger partial charge in [0.1, 0.15) is 5.52 Å². The minimum absolute atomic E-state index is 0.135. The Balaban J connectivity index is 2.05. The van der Waals surface area contributed by atoms with Crippen molar-refractivity contribution in [1.82, 2.24) is 14.3 Å². The molecule has 6 heteroatoms. The number of hydrogen-bond acceptors (Lipinski definition) is 3. The molecule has 6 nitrogen and oxygen atoms in total. The van der Waals surface area contributed by atoms with Crippen molar-refractivity contribution in [1.29, 1.82) is 0 Å². The van der Waals surface area contributed by atoms with Crippen LogP contribution in [0.25, 0.3) is 10.9 Å². The Labute approximate surface area is 115 Å². The van der Waals surface area contributed by atoms with Crippen molar-refractivity contribution >= 4 is 16.6 Å². The summed E-state index contributed by atoms with van der Waals surface area (Å²) in [5.41, 5.74) is 1.82. The summed E-state index contributed by atoms with van der Waals surface area (Å²) in [6.45, 7) is 3.41. The molecule has 1 aromatic carbocycles. The summed E-state index contributed by atoms with van der Waals surface area (Å²) in [5, 5.41) is 16.2. The number of fused-ring (bicyclic) bond motifs is 1. The van der Waals surface area contributed by atoms with E-state index in [2.05, 4.69) is 5.10 Å². The topological polar surface area (TPSA) is 65.9 Å².